The van der Waals surface area contributed by atoms with Crippen molar-refractivity contribution >= 4 is 23.5 Å². The maximum absolute atomic E-state index is 9.35. The smallest absolute Gasteiger partial charge is 0.186 e. The van der Waals surface area contributed by atoms with Crippen molar-refractivity contribution < 1.29 is 5.11 Å². The van der Waals surface area contributed by atoms with E-state index in [1.54, 1.807) is 12.3 Å². The molecule has 0 bridgehead atoms. The summed E-state index contributed by atoms with van der Waals surface area (Å²) in [7, 11) is 0. The summed E-state index contributed by atoms with van der Waals surface area (Å²) in [5.41, 5.74) is 2.99. The van der Waals surface area contributed by atoms with Crippen molar-refractivity contribution in [2.75, 3.05) is 6.54 Å². The molecule has 0 aliphatic rings. The van der Waals surface area contributed by atoms with Crippen LogP contribution in [0.1, 0.15) is 12.6 Å². The number of hydrogen-bond acceptors (Lipinski definition) is 4. The molecule has 1 aromatic heterocycles. The Balaban J connectivity index is 2.52. The fourth-order valence-electron chi connectivity index (χ4n) is 0.861. The molecule has 0 atom stereocenters. The molecule has 0 aromatic carbocycles. The maximum Gasteiger partial charge on any atom is 0.186 e. The van der Waals surface area contributed by atoms with Gasteiger partial charge in [-0.05, 0) is 31.3 Å². The SMILES string of the molecule is CCNC(=S)N/N=C/c1ncccc1O. The van der Waals surface area contributed by atoms with E-state index >= 15 is 0 Å². The maximum atomic E-state index is 9.35. The van der Waals surface area contributed by atoms with Gasteiger partial charge in [0.25, 0.3) is 0 Å². The Morgan fingerprint density at radius 3 is 3.20 bits per heavy atom. The Bertz CT molecular complexity index is 367. The van der Waals surface area contributed by atoms with Gasteiger partial charge < -0.3 is 10.4 Å². The van der Waals surface area contributed by atoms with Crippen molar-refractivity contribution in [3.63, 3.8) is 0 Å². The molecule has 3 N–H and O–H groups in total. The first-order valence-corrected chi connectivity index (χ1v) is 4.85. The molecule has 5 nitrogen and oxygen atoms in total. The average Bonchev–Trinajstić information content (AvgIpc) is 2.21. The second-order valence-corrected chi connectivity index (χ2v) is 3.05. The zero-order chi connectivity index (χ0) is 11.1. The lowest BCUT2D eigenvalue weighted by molar-refractivity contribution is 0.471. The molecule has 1 rings (SSSR count). The van der Waals surface area contributed by atoms with Crippen LogP contribution in [0.2, 0.25) is 0 Å². The molecule has 6 heteroatoms. The monoisotopic (exact) mass is 224 g/mol. The van der Waals surface area contributed by atoms with Crippen molar-refractivity contribution in [1.29, 1.82) is 0 Å². The van der Waals surface area contributed by atoms with E-state index in [4.69, 9.17) is 12.2 Å². The first-order valence-electron chi connectivity index (χ1n) is 4.45. The largest absolute Gasteiger partial charge is 0.506 e. The molecule has 0 spiro atoms. The Kier molecular flexibility index (Phi) is 4.49. The van der Waals surface area contributed by atoms with Crippen molar-refractivity contribution in [2.24, 2.45) is 5.10 Å². The summed E-state index contributed by atoms with van der Waals surface area (Å²) in [6.07, 6.45) is 2.97. The number of aromatic hydroxyl groups is 1. The molecule has 1 heterocycles. The highest BCUT2D eigenvalue weighted by Gasteiger charge is 1.96. The third-order valence-corrected chi connectivity index (χ3v) is 1.74. The van der Waals surface area contributed by atoms with Crippen LogP contribution in [-0.2, 0) is 0 Å². The number of hydrazone groups is 1. The zero-order valence-electron chi connectivity index (χ0n) is 8.27. The molecule has 0 fully saturated rings. The van der Waals surface area contributed by atoms with Gasteiger partial charge in [-0.1, -0.05) is 0 Å². The number of nitrogens with one attached hydrogen (secondary N) is 2. The van der Waals surface area contributed by atoms with Crippen LogP contribution < -0.4 is 10.7 Å². The standard InChI is InChI=1S/C9H12N4OS/c1-2-10-9(15)13-12-6-7-8(14)4-3-5-11-7/h3-6,14H,2H2,1H3,(H2,10,13,15)/b12-6+. The topological polar surface area (TPSA) is 69.5 Å². The third-order valence-electron chi connectivity index (χ3n) is 1.51. The lowest BCUT2D eigenvalue weighted by Gasteiger charge is -2.02. The number of hydrogen-bond donors (Lipinski definition) is 3. The normalized spacial score (nSPS) is 10.2. The van der Waals surface area contributed by atoms with Crippen molar-refractivity contribution in [2.45, 2.75) is 6.92 Å². The molecular formula is C9H12N4OS. The number of pyridine rings is 1. The molecule has 1 aromatic rings. The minimum absolute atomic E-state index is 0.0809. The van der Waals surface area contributed by atoms with E-state index in [1.807, 2.05) is 6.92 Å². The van der Waals surface area contributed by atoms with Gasteiger partial charge in [0.05, 0.1) is 6.21 Å². The first-order chi connectivity index (χ1) is 7.24. The van der Waals surface area contributed by atoms with Gasteiger partial charge in [-0.15, -0.1) is 0 Å². The molecule has 0 radical (unpaired) electrons. The molecular weight excluding hydrogens is 212 g/mol. The number of nitrogens with zero attached hydrogens (tertiary/aromatic N) is 2. The van der Waals surface area contributed by atoms with Crippen molar-refractivity contribution in [1.82, 2.24) is 15.7 Å². The molecule has 0 amide bonds. The van der Waals surface area contributed by atoms with Crippen LogP contribution in [0.25, 0.3) is 0 Å². The van der Waals surface area contributed by atoms with Gasteiger partial charge >= 0.3 is 0 Å². The van der Waals surface area contributed by atoms with Gasteiger partial charge in [-0.2, -0.15) is 5.10 Å². The number of aromatic nitrogens is 1. The van der Waals surface area contributed by atoms with Crippen LogP contribution in [0.3, 0.4) is 0 Å². The Labute approximate surface area is 93.2 Å². The van der Waals surface area contributed by atoms with Crippen LogP contribution in [0.15, 0.2) is 23.4 Å². The minimum atomic E-state index is 0.0809. The quantitative estimate of drug-likeness (QED) is 0.398. The Morgan fingerprint density at radius 1 is 1.73 bits per heavy atom. The summed E-state index contributed by atoms with van der Waals surface area (Å²) in [6, 6.07) is 3.18. The second kappa shape index (κ2) is 5.92. The lowest BCUT2D eigenvalue weighted by atomic mass is 10.3. The zero-order valence-corrected chi connectivity index (χ0v) is 9.08. The molecule has 0 saturated carbocycles. The van der Waals surface area contributed by atoms with E-state index in [-0.39, 0.29) is 5.75 Å². The average molecular weight is 224 g/mol. The Hall–Kier alpha value is -1.69. The number of thiocarbonyl (C=S) groups is 1. The molecule has 0 aliphatic carbocycles. The third kappa shape index (κ3) is 3.90. The molecule has 0 aliphatic heterocycles. The van der Waals surface area contributed by atoms with E-state index in [0.717, 1.165) is 6.54 Å². The molecule has 15 heavy (non-hydrogen) atoms. The highest BCUT2D eigenvalue weighted by Crippen LogP contribution is 2.09. The summed E-state index contributed by atoms with van der Waals surface area (Å²) in [6.45, 7) is 2.67. The fourth-order valence-corrected chi connectivity index (χ4v) is 1.06. The molecule has 0 unspecified atom stereocenters. The van der Waals surface area contributed by atoms with Crippen LogP contribution in [0.4, 0.5) is 0 Å². The van der Waals surface area contributed by atoms with Gasteiger partial charge in [0.2, 0.25) is 0 Å². The second-order valence-electron chi connectivity index (χ2n) is 2.64. The van der Waals surface area contributed by atoms with Gasteiger partial charge in [-0.25, -0.2) is 0 Å². The van der Waals surface area contributed by atoms with Gasteiger partial charge in [-0.3, -0.25) is 10.4 Å². The van der Waals surface area contributed by atoms with Gasteiger partial charge in [0.15, 0.2) is 5.11 Å². The van der Waals surface area contributed by atoms with E-state index in [9.17, 15) is 5.11 Å². The predicted molar refractivity (Wildman–Crippen MR) is 62.9 cm³/mol. The van der Waals surface area contributed by atoms with Crippen LogP contribution in [0.5, 0.6) is 5.75 Å². The van der Waals surface area contributed by atoms with Crippen LogP contribution in [0, 0.1) is 0 Å². The van der Waals surface area contributed by atoms with Crippen molar-refractivity contribution in [3.05, 3.63) is 24.0 Å². The molecule has 0 saturated heterocycles. The summed E-state index contributed by atoms with van der Waals surface area (Å²) in [4.78, 5) is 3.92. The summed E-state index contributed by atoms with van der Waals surface area (Å²) < 4.78 is 0. The summed E-state index contributed by atoms with van der Waals surface area (Å²) >= 11 is 4.88. The van der Waals surface area contributed by atoms with E-state index in [0.29, 0.717) is 10.8 Å². The minimum Gasteiger partial charge on any atom is -0.506 e. The highest BCUT2D eigenvalue weighted by molar-refractivity contribution is 7.80. The Morgan fingerprint density at radius 2 is 2.53 bits per heavy atom. The van der Waals surface area contributed by atoms with Crippen LogP contribution in [-0.4, -0.2) is 28.0 Å². The first kappa shape index (κ1) is 11.4. The van der Waals surface area contributed by atoms with Crippen LogP contribution >= 0.6 is 12.2 Å². The fraction of sp³-hybridized carbons (Fsp3) is 0.222. The van der Waals surface area contributed by atoms with Gasteiger partial charge in [0.1, 0.15) is 11.4 Å². The molecule has 80 valence electrons. The summed E-state index contributed by atoms with van der Waals surface area (Å²) in [5.74, 6) is 0.0809. The van der Waals surface area contributed by atoms with E-state index in [1.165, 1.54) is 12.3 Å². The highest BCUT2D eigenvalue weighted by atomic mass is 32.1. The number of rotatable bonds is 3. The van der Waals surface area contributed by atoms with E-state index in [2.05, 4.69) is 20.8 Å². The lowest BCUT2D eigenvalue weighted by Crippen LogP contribution is -2.31. The summed E-state index contributed by atoms with van der Waals surface area (Å²) in [5, 5.41) is 16.5. The van der Waals surface area contributed by atoms with Gasteiger partial charge in [0, 0.05) is 12.7 Å². The van der Waals surface area contributed by atoms with Crippen molar-refractivity contribution in [3.8, 4) is 5.75 Å². The predicted octanol–water partition coefficient (Wildman–Crippen LogP) is 0.605. The van der Waals surface area contributed by atoms with E-state index < -0.39 is 0 Å².